The van der Waals surface area contributed by atoms with Gasteiger partial charge in [0.15, 0.2) is 6.23 Å². The molecule has 8 heteroatoms. The second-order valence-electron chi connectivity index (χ2n) is 5.68. The van der Waals surface area contributed by atoms with Crippen LogP contribution >= 0.6 is 0 Å². The molecule has 23 heavy (non-hydrogen) atoms. The number of aliphatic hydroxyl groups is 1. The van der Waals surface area contributed by atoms with Gasteiger partial charge in [-0.25, -0.2) is 4.79 Å². The monoisotopic (exact) mass is 327 g/mol. The molecule has 2 rings (SSSR count). The van der Waals surface area contributed by atoms with E-state index < -0.39 is 35.8 Å². The first kappa shape index (κ1) is 17.9. The minimum Gasteiger partial charge on any atom is -0.387 e. The van der Waals surface area contributed by atoms with E-state index in [0.29, 0.717) is 6.54 Å². The Morgan fingerprint density at radius 1 is 1.43 bits per heavy atom. The number of unbranched alkanes of at least 4 members (excludes halogenated alkanes) is 2. The number of hydrogen-bond donors (Lipinski definition) is 3. The van der Waals surface area contributed by atoms with Gasteiger partial charge in [-0.2, -0.15) is 0 Å². The van der Waals surface area contributed by atoms with Crippen LogP contribution in [0.25, 0.3) is 0 Å². The molecule has 1 aliphatic heterocycles. The van der Waals surface area contributed by atoms with Crippen molar-refractivity contribution in [3.05, 3.63) is 33.1 Å². The molecule has 1 aromatic heterocycles. The van der Waals surface area contributed by atoms with Crippen molar-refractivity contribution in [3.8, 4) is 0 Å². The van der Waals surface area contributed by atoms with Crippen LogP contribution in [-0.4, -0.2) is 53.2 Å². The van der Waals surface area contributed by atoms with Crippen LogP contribution in [0, 0.1) is 0 Å². The van der Waals surface area contributed by atoms with Crippen LogP contribution in [0.2, 0.25) is 0 Å². The van der Waals surface area contributed by atoms with Gasteiger partial charge in [-0.05, 0) is 13.0 Å². The molecule has 1 saturated heterocycles. The molecule has 130 valence electrons. The third-order valence-corrected chi connectivity index (χ3v) is 4.01. The molecular formula is C15H25N3O5. The van der Waals surface area contributed by atoms with Crippen molar-refractivity contribution < 1.29 is 14.6 Å². The number of aliphatic hydroxyl groups excluding tert-OH is 1. The molecule has 1 aromatic rings. The molecule has 0 radical (unpaired) electrons. The van der Waals surface area contributed by atoms with Gasteiger partial charge in [0.25, 0.3) is 5.56 Å². The van der Waals surface area contributed by atoms with Crippen LogP contribution in [0.5, 0.6) is 0 Å². The minimum atomic E-state index is -0.859. The SMILES string of the molecule is CCCCCNC[C@@H]1O[C@H](n2ccc(=O)[nH]c2=O)[C@@H](OC)[C@H]1O. The number of hydrogen-bond acceptors (Lipinski definition) is 6. The Kier molecular flexibility index (Phi) is 6.52. The summed E-state index contributed by atoms with van der Waals surface area (Å²) in [5.41, 5.74) is -1.07. The first-order valence-electron chi connectivity index (χ1n) is 7.97. The van der Waals surface area contributed by atoms with Gasteiger partial charge in [-0.15, -0.1) is 0 Å². The first-order chi connectivity index (χ1) is 11.1. The van der Waals surface area contributed by atoms with Crippen LogP contribution < -0.4 is 16.6 Å². The maximum atomic E-state index is 11.9. The van der Waals surface area contributed by atoms with Gasteiger partial charge in [-0.3, -0.25) is 14.3 Å². The van der Waals surface area contributed by atoms with E-state index >= 15 is 0 Å². The quantitative estimate of drug-likeness (QED) is 0.561. The zero-order valence-corrected chi connectivity index (χ0v) is 13.5. The van der Waals surface area contributed by atoms with E-state index in [1.807, 2.05) is 0 Å². The Bertz CT molecular complexity index is 599. The number of aromatic nitrogens is 2. The highest BCUT2D eigenvalue weighted by molar-refractivity contribution is 4.94. The summed E-state index contributed by atoms with van der Waals surface area (Å²) < 4.78 is 12.3. The number of rotatable bonds is 8. The number of methoxy groups -OCH3 is 1. The van der Waals surface area contributed by atoms with Gasteiger partial charge in [0.05, 0.1) is 0 Å². The van der Waals surface area contributed by atoms with Gasteiger partial charge in [-0.1, -0.05) is 19.8 Å². The molecule has 0 unspecified atom stereocenters. The summed E-state index contributed by atoms with van der Waals surface area (Å²) in [7, 11) is 1.46. The molecule has 2 heterocycles. The molecule has 0 aliphatic carbocycles. The molecule has 0 spiro atoms. The van der Waals surface area contributed by atoms with Crippen LogP contribution in [-0.2, 0) is 9.47 Å². The summed E-state index contributed by atoms with van der Waals surface area (Å²) in [6.07, 6.45) is 1.91. The summed E-state index contributed by atoms with van der Waals surface area (Å²) in [6, 6.07) is 1.24. The highest BCUT2D eigenvalue weighted by Gasteiger charge is 2.45. The van der Waals surface area contributed by atoms with Crippen LogP contribution in [0.4, 0.5) is 0 Å². The topological polar surface area (TPSA) is 106 Å². The van der Waals surface area contributed by atoms with Crippen molar-refractivity contribution in [3.63, 3.8) is 0 Å². The summed E-state index contributed by atoms with van der Waals surface area (Å²) in [5, 5.41) is 13.6. The number of nitrogens with one attached hydrogen (secondary N) is 2. The summed E-state index contributed by atoms with van der Waals surface area (Å²) >= 11 is 0. The predicted octanol–water partition coefficient (Wildman–Crippen LogP) is -0.410. The predicted molar refractivity (Wildman–Crippen MR) is 84.4 cm³/mol. The zero-order valence-electron chi connectivity index (χ0n) is 13.5. The number of ether oxygens (including phenoxy) is 2. The standard InChI is InChI=1S/C15H25N3O5/c1-3-4-5-7-16-9-10-12(20)13(22-2)14(23-10)18-8-6-11(19)17-15(18)21/h6,8,10,12-14,16,20H,3-5,7,9H2,1-2H3,(H,17,19,21)/t10-,12-,13-,14-/m0/s1. The Morgan fingerprint density at radius 3 is 2.87 bits per heavy atom. The molecule has 1 fully saturated rings. The molecule has 0 saturated carbocycles. The van der Waals surface area contributed by atoms with Crippen molar-refractivity contribution in [1.82, 2.24) is 14.9 Å². The van der Waals surface area contributed by atoms with E-state index in [-0.39, 0.29) is 0 Å². The number of H-pyrrole nitrogens is 1. The van der Waals surface area contributed by atoms with E-state index in [1.54, 1.807) is 0 Å². The van der Waals surface area contributed by atoms with Crippen LogP contribution in [0.15, 0.2) is 21.9 Å². The van der Waals surface area contributed by atoms with Gasteiger partial charge < -0.3 is 19.9 Å². The van der Waals surface area contributed by atoms with Gasteiger partial charge >= 0.3 is 5.69 Å². The maximum Gasteiger partial charge on any atom is 0.330 e. The second kappa shape index (κ2) is 8.39. The Hall–Kier alpha value is -1.48. The molecule has 4 atom stereocenters. The molecule has 0 bridgehead atoms. The van der Waals surface area contributed by atoms with Gasteiger partial charge in [0.2, 0.25) is 0 Å². The lowest BCUT2D eigenvalue weighted by atomic mass is 10.1. The summed E-state index contributed by atoms with van der Waals surface area (Å²) in [6.45, 7) is 3.46. The van der Waals surface area contributed by atoms with Crippen molar-refractivity contribution >= 4 is 0 Å². The first-order valence-corrected chi connectivity index (χ1v) is 7.97. The fourth-order valence-electron chi connectivity index (χ4n) is 2.74. The lowest BCUT2D eigenvalue weighted by Crippen LogP contribution is -2.40. The summed E-state index contributed by atoms with van der Waals surface area (Å²) in [5.74, 6) is 0. The van der Waals surface area contributed by atoms with E-state index in [9.17, 15) is 14.7 Å². The smallest absolute Gasteiger partial charge is 0.330 e. The van der Waals surface area contributed by atoms with Gasteiger partial charge in [0, 0.05) is 25.9 Å². The molecule has 3 N–H and O–H groups in total. The lowest BCUT2D eigenvalue weighted by molar-refractivity contribution is -0.0535. The minimum absolute atomic E-state index is 0.472. The fraction of sp³-hybridized carbons (Fsp3) is 0.733. The van der Waals surface area contributed by atoms with Crippen LogP contribution in [0.3, 0.4) is 0 Å². The van der Waals surface area contributed by atoms with Crippen molar-refractivity contribution in [1.29, 1.82) is 0 Å². The van der Waals surface area contributed by atoms with Crippen molar-refractivity contribution in [2.24, 2.45) is 0 Å². The van der Waals surface area contributed by atoms with E-state index in [2.05, 4.69) is 17.2 Å². The normalized spacial score (nSPS) is 27.4. The highest BCUT2D eigenvalue weighted by atomic mass is 16.6. The van der Waals surface area contributed by atoms with E-state index in [0.717, 1.165) is 25.8 Å². The third kappa shape index (κ3) is 4.29. The second-order valence-corrected chi connectivity index (χ2v) is 5.68. The lowest BCUT2D eigenvalue weighted by Gasteiger charge is -2.19. The molecule has 8 nitrogen and oxygen atoms in total. The van der Waals surface area contributed by atoms with Crippen molar-refractivity contribution in [2.75, 3.05) is 20.2 Å². The zero-order chi connectivity index (χ0) is 16.8. The largest absolute Gasteiger partial charge is 0.387 e. The Labute approximate surface area is 134 Å². The molecular weight excluding hydrogens is 302 g/mol. The van der Waals surface area contributed by atoms with Gasteiger partial charge in [0.1, 0.15) is 18.3 Å². The maximum absolute atomic E-state index is 11.9. The van der Waals surface area contributed by atoms with E-state index in [1.165, 1.54) is 23.9 Å². The average molecular weight is 327 g/mol. The Morgan fingerprint density at radius 2 is 2.22 bits per heavy atom. The Balaban J connectivity index is 2.03. The van der Waals surface area contributed by atoms with Crippen molar-refractivity contribution in [2.45, 2.75) is 50.7 Å². The molecule has 1 aliphatic rings. The fourth-order valence-corrected chi connectivity index (χ4v) is 2.74. The van der Waals surface area contributed by atoms with Crippen LogP contribution in [0.1, 0.15) is 32.4 Å². The number of nitrogens with zero attached hydrogens (tertiary/aromatic N) is 1. The molecule has 0 amide bonds. The number of aromatic amines is 1. The summed E-state index contributed by atoms with van der Waals surface area (Å²) in [4.78, 5) is 25.2. The third-order valence-electron chi connectivity index (χ3n) is 4.01. The van der Waals surface area contributed by atoms with E-state index in [4.69, 9.17) is 9.47 Å². The average Bonchev–Trinajstić information content (AvgIpc) is 2.83. The highest BCUT2D eigenvalue weighted by Crippen LogP contribution is 2.29. The molecule has 0 aromatic carbocycles.